The van der Waals surface area contributed by atoms with E-state index in [1.165, 1.54) is 64.5 Å². The Hall–Kier alpha value is -1.99. The number of rotatable bonds is 6. The number of anilines is 1. The van der Waals surface area contributed by atoms with Crippen LogP contribution in [0.15, 0.2) is 24.3 Å². The lowest BCUT2D eigenvalue weighted by Gasteiger charge is -2.38. The summed E-state index contributed by atoms with van der Waals surface area (Å²) in [4.78, 5) is 17.0. The number of ether oxygens (including phenoxy) is 1. The maximum absolute atomic E-state index is 11.8. The third-order valence-corrected chi connectivity index (χ3v) is 9.28. The third kappa shape index (κ3) is 5.62. The van der Waals surface area contributed by atoms with Gasteiger partial charge in [0, 0.05) is 49.9 Å². The van der Waals surface area contributed by atoms with E-state index < -0.39 is 0 Å². The predicted octanol–water partition coefficient (Wildman–Crippen LogP) is 5.35. The summed E-state index contributed by atoms with van der Waals surface area (Å²) in [6, 6.07) is 8.88. The molecular weight excluding hydrogens is 444 g/mol. The van der Waals surface area contributed by atoms with Crippen molar-refractivity contribution in [1.82, 2.24) is 15.1 Å². The molecule has 2 aliphatic carbocycles. The average molecular weight is 483 g/mol. The number of benzene rings is 1. The monoisotopic (exact) mass is 482 g/mol. The van der Waals surface area contributed by atoms with Gasteiger partial charge in [-0.3, -0.25) is 9.69 Å². The van der Waals surface area contributed by atoms with Crippen molar-refractivity contribution >= 4 is 23.0 Å². The number of hydrogen-bond donors (Lipinski definition) is 0. The second-order valence-electron chi connectivity index (χ2n) is 10.4. The summed E-state index contributed by atoms with van der Waals surface area (Å²) < 4.78 is 4.91. The second-order valence-corrected chi connectivity index (χ2v) is 11.4. The zero-order valence-electron chi connectivity index (χ0n) is 20.5. The Balaban J connectivity index is 1.13. The van der Waals surface area contributed by atoms with Gasteiger partial charge in [0.1, 0.15) is 10.0 Å². The van der Waals surface area contributed by atoms with Gasteiger partial charge in [0.25, 0.3) is 0 Å². The number of aromatic nitrogens is 2. The Bertz CT molecular complexity index is 924. The number of hydrogen-bond acceptors (Lipinski definition) is 7. The molecule has 0 atom stereocenters. The largest absolute Gasteiger partial charge is 0.469 e. The highest BCUT2D eigenvalue weighted by molar-refractivity contribution is 7.14. The first-order chi connectivity index (χ1) is 16.7. The Morgan fingerprint density at radius 1 is 0.941 bits per heavy atom. The van der Waals surface area contributed by atoms with Gasteiger partial charge < -0.3 is 9.64 Å². The molecule has 7 heteroatoms. The van der Waals surface area contributed by atoms with Crippen LogP contribution in [0.3, 0.4) is 0 Å². The third-order valence-electron chi connectivity index (χ3n) is 8.14. The van der Waals surface area contributed by atoms with Crippen LogP contribution in [0.4, 0.5) is 5.69 Å². The molecule has 3 fully saturated rings. The lowest BCUT2D eigenvalue weighted by Crippen LogP contribution is -2.48. The van der Waals surface area contributed by atoms with Crippen LogP contribution in [-0.4, -0.2) is 60.9 Å². The second kappa shape index (κ2) is 11.2. The van der Waals surface area contributed by atoms with E-state index >= 15 is 0 Å². The number of piperazine rings is 1. The molecule has 0 spiro atoms. The van der Waals surface area contributed by atoms with Crippen LogP contribution < -0.4 is 4.90 Å². The summed E-state index contributed by atoms with van der Waals surface area (Å²) in [6.45, 7) is 5.88. The van der Waals surface area contributed by atoms with Crippen LogP contribution in [0.5, 0.6) is 0 Å². The molecule has 0 radical (unpaired) electrons. The Morgan fingerprint density at radius 2 is 1.65 bits per heavy atom. The van der Waals surface area contributed by atoms with E-state index in [0.29, 0.717) is 5.92 Å². The SMILES string of the molecule is COC(=O)[C@H]1CC[C@H](c2nnc(-c3ccc(N4CCN(CC5CCCCC5)CC4)cc3)s2)CC1. The van der Waals surface area contributed by atoms with Crippen LogP contribution in [0, 0.1) is 11.8 Å². The fourth-order valence-corrected chi connectivity index (χ4v) is 7.01. The van der Waals surface area contributed by atoms with Crippen molar-refractivity contribution in [2.24, 2.45) is 11.8 Å². The van der Waals surface area contributed by atoms with Gasteiger partial charge in [-0.1, -0.05) is 30.6 Å². The number of carbonyl (C=O) groups excluding carboxylic acids is 1. The molecule has 0 bridgehead atoms. The summed E-state index contributed by atoms with van der Waals surface area (Å²) in [5.41, 5.74) is 2.46. The first-order valence-corrected chi connectivity index (χ1v) is 14.0. The molecule has 0 N–H and O–H groups in total. The molecule has 1 saturated heterocycles. The summed E-state index contributed by atoms with van der Waals surface area (Å²) in [5, 5.41) is 11.1. The average Bonchev–Trinajstić information content (AvgIpc) is 3.40. The summed E-state index contributed by atoms with van der Waals surface area (Å²) in [5.74, 6) is 1.33. The standard InChI is InChI=1S/C27H38N4O2S/c1-33-27(32)23-9-7-21(8-10-23)25-28-29-26(34-25)22-11-13-24(14-12-22)31-17-15-30(16-18-31)19-20-5-3-2-4-6-20/h11-14,20-21,23H,2-10,15-19H2,1H3/t21-,23-. The van der Waals surface area contributed by atoms with E-state index in [0.717, 1.165) is 60.3 Å². The summed E-state index contributed by atoms with van der Waals surface area (Å²) in [6.07, 6.45) is 10.9. The Labute approximate surface area is 207 Å². The van der Waals surface area contributed by atoms with Crippen LogP contribution in [0.2, 0.25) is 0 Å². The van der Waals surface area contributed by atoms with Crippen LogP contribution >= 0.6 is 11.3 Å². The highest BCUT2D eigenvalue weighted by Gasteiger charge is 2.29. The highest BCUT2D eigenvalue weighted by atomic mass is 32.1. The van der Waals surface area contributed by atoms with Gasteiger partial charge in [-0.05, 0) is 68.7 Å². The van der Waals surface area contributed by atoms with Gasteiger partial charge in [0.15, 0.2) is 0 Å². The molecule has 5 rings (SSSR count). The smallest absolute Gasteiger partial charge is 0.308 e. The molecule has 1 aliphatic heterocycles. The van der Waals surface area contributed by atoms with Crippen molar-refractivity contribution in [3.05, 3.63) is 29.3 Å². The predicted molar refractivity (Wildman–Crippen MR) is 137 cm³/mol. The Morgan fingerprint density at radius 3 is 2.32 bits per heavy atom. The minimum atomic E-state index is -0.0675. The summed E-state index contributed by atoms with van der Waals surface area (Å²) >= 11 is 1.71. The zero-order chi connectivity index (χ0) is 23.3. The molecule has 2 heterocycles. The molecule has 2 saturated carbocycles. The van der Waals surface area contributed by atoms with Crippen molar-refractivity contribution in [3.8, 4) is 10.6 Å². The van der Waals surface area contributed by atoms with Gasteiger partial charge in [0.2, 0.25) is 0 Å². The number of esters is 1. The minimum Gasteiger partial charge on any atom is -0.469 e. The minimum absolute atomic E-state index is 0.0512. The topological polar surface area (TPSA) is 58.6 Å². The van der Waals surface area contributed by atoms with Crippen molar-refractivity contribution < 1.29 is 9.53 Å². The maximum Gasteiger partial charge on any atom is 0.308 e. The summed E-state index contributed by atoms with van der Waals surface area (Å²) in [7, 11) is 1.48. The van der Waals surface area contributed by atoms with E-state index in [1.54, 1.807) is 11.3 Å². The van der Waals surface area contributed by atoms with E-state index in [-0.39, 0.29) is 11.9 Å². The van der Waals surface area contributed by atoms with Crippen molar-refractivity contribution in [2.75, 3.05) is 44.7 Å². The molecule has 6 nitrogen and oxygen atoms in total. The highest BCUT2D eigenvalue weighted by Crippen LogP contribution is 2.39. The Kier molecular flexibility index (Phi) is 7.80. The van der Waals surface area contributed by atoms with E-state index in [9.17, 15) is 4.79 Å². The number of nitrogens with zero attached hydrogens (tertiary/aromatic N) is 4. The molecule has 3 aliphatic rings. The van der Waals surface area contributed by atoms with Gasteiger partial charge in [-0.15, -0.1) is 10.2 Å². The van der Waals surface area contributed by atoms with Gasteiger partial charge in [-0.2, -0.15) is 0 Å². The number of carbonyl (C=O) groups is 1. The van der Waals surface area contributed by atoms with E-state index in [2.05, 4.69) is 44.3 Å². The molecule has 2 aromatic rings. The van der Waals surface area contributed by atoms with E-state index in [4.69, 9.17) is 4.74 Å². The van der Waals surface area contributed by atoms with Gasteiger partial charge in [0.05, 0.1) is 13.0 Å². The van der Waals surface area contributed by atoms with Gasteiger partial charge >= 0.3 is 5.97 Å². The zero-order valence-corrected chi connectivity index (χ0v) is 21.3. The quantitative estimate of drug-likeness (QED) is 0.517. The molecule has 0 amide bonds. The maximum atomic E-state index is 11.8. The first-order valence-electron chi connectivity index (χ1n) is 13.2. The molecule has 0 unspecified atom stereocenters. The van der Waals surface area contributed by atoms with Crippen molar-refractivity contribution in [1.29, 1.82) is 0 Å². The van der Waals surface area contributed by atoms with E-state index in [1.807, 2.05) is 0 Å². The normalized spacial score (nSPS) is 24.8. The fraction of sp³-hybridized carbons (Fsp3) is 0.667. The lowest BCUT2D eigenvalue weighted by atomic mass is 9.82. The van der Waals surface area contributed by atoms with Crippen molar-refractivity contribution in [2.45, 2.75) is 63.7 Å². The van der Waals surface area contributed by atoms with Gasteiger partial charge in [-0.25, -0.2) is 0 Å². The van der Waals surface area contributed by atoms with Crippen LogP contribution in [-0.2, 0) is 9.53 Å². The van der Waals surface area contributed by atoms with Crippen molar-refractivity contribution in [3.63, 3.8) is 0 Å². The first kappa shape index (κ1) is 23.7. The van der Waals surface area contributed by atoms with Crippen LogP contribution in [0.1, 0.15) is 68.7 Å². The molecule has 1 aromatic carbocycles. The lowest BCUT2D eigenvalue weighted by molar-refractivity contribution is -0.146. The van der Waals surface area contributed by atoms with Crippen LogP contribution in [0.25, 0.3) is 10.6 Å². The molecule has 184 valence electrons. The fourth-order valence-electron chi connectivity index (χ4n) is 6.00. The molecular formula is C27H38N4O2S. The number of methoxy groups -OCH3 is 1. The molecule has 34 heavy (non-hydrogen) atoms. The molecule has 1 aromatic heterocycles.